The Morgan fingerprint density at radius 1 is 1.17 bits per heavy atom. The Labute approximate surface area is 148 Å². The number of hydrogen-bond acceptors (Lipinski definition) is 3. The summed E-state index contributed by atoms with van der Waals surface area (Å²) in [4.78, 5) is 7.09. The molecule has 1 unspecified atom stereocenters. The van der Waals surface area contributed by atoms with E-state index in [4.69, 9.17) is 21.3 Å². The van der Waals surface area contributed by atoms with Gasteiger partial charge in [-0.25, -0.2) is 0 Å². The molecule has 1 heterocycles. The standard InChI is InChI=1S/C18H19ClN2O.ClH/c1-21(2)11-15-12-22-17-9-4-3-8-16(17)18(20-15)13-6-5-7-14(19)10-13;/h3-10,15H,11-12H2,1-2H3;1H. The second-order valence-electron chi connectivity index (χ2n) is 5.71. The molecular formula is C18H20Cl2N2O. The molecule has 122 valence electrons. The van der Waals surface area contributed by atoms with Gasteiger partial charge in [-0.05, 0) is 38.4 Å². The molecule has 1 aliphatic heterocycles. The molecule has 23 heavy (non-hydrogen) atoms. The minimum absolute atomic E-state index is 0. The fourth-order valence-electron chi connectivity index (χ4n) is 2.64. The molecule has 3 rings (SSSR count). The van der Waals surface area contributed by atoms with Gasteiger partial charge in [-0.15, -0.1) is 12.4 Å². The molecule has 0 N–H and O–H groups in total. The maximum absolute atomic E-state index is 6.16. The van der Waals surface area contributed by atoms with Gasteiger partial charge in [-0.1, -0.05) is 35.9 Å². The van der Waals surface area contributed by atoms with E-state index in [1.54, 1.807) is 0 Å². The third kappa shape index (κ3) is 4.25. The average molecular weight is 351 g/mol. The maximum Gasteiger partial charge on any atom is 0.128 e. The Morgan fingerprint density at radius 2 is 1.96 bits per heavy atom. The van der Waals surface area contributed by atoms with Crippen molar-refractivity contribution in [3.8, 4) is 5.75 Å². The highest BCUT2D eigenvalue weighted by Crippen LogP contribution is 2.26. The monoisotopic (exact) mass is 350 g/mol. The van der Waals surface area contributed by atoms with Crippen LogP contribution in [0.1, 0.15) is 11.1 Å². The van der Waals surface area contributed by atoms with Crippen molar-refractivity contribution in [2.24, 2.45) is 4.99 Å². The number of fused-ring (bicyclic) bond motifs is 1. The molecule has 0 aliphatic carbocycles. The predicted octanol–water partition coefficient (Wildman–Crippen LogP) is 3.92. The van der Waals surface area contributed by atoms with Crippen LogP contribution in [0.5, 0.6) is 5.75 Å². The van der Waals surface area contributed by atoms with E-state index in [1.165, 1.54) is 0 Å². The van der Waals surface area contributed by atoms with E-state index in [2.05, 4.69) is 4.90 Å². The first-order valence-electron chi connectivity index (χ1n) is 7.34. The van der Waals surface area contributed by atoms with Crippen LogP contribution in [0.25, 0.3) is 0 Å². The zero-order chi connectivity index (χ0) is 15.5. The largest absolute Gasteiger partial charge is 0.491 e. The Morgan fingerprint density at radius 3 is 2.70 bits per heavy atom. The van der Waals surface area contributed by atoms with Crippen molar-refractivity contribution >= 4 is 29.7 Å². The van der Waals surface area contributed by atoms with Gasteiger partial charge in [0.05, 0.1) is 11.8 Å². The summed E-state index contributed by atoms with van der Waals surface area (Å²) in [5.41, 5.74) is 2.99. The van der Waals surface area contributed by atoms with E-state index in [0.717, 1.165) is 29.1 Å². The molecule has 0 bridgehead atoms. The van der Waals surface area contributed by atoms with Crippen molar-refractivity contribution in [3.05, 3.63) is 64.7 Å². The molecule has 1 atom stereocenters. The van der Waals surface area contributed by atoms with Crippen LogP contribution >= 0.6 is 24.0 Å². The zero-order valence-electron chi connectivity index (χ0n) is 13.2. The summed E-state index contributed by atoms with van der Waals surface area (Å²) in [5.74, 6) is 0.877. The Balaban J connectivity index is 0.00000192. The molecule has 0 saturated heterocycles. The van der Waals surface area contributed by atoms with E-state index in [0.29, 0.717) is 11.6 Å². The molecule has 2 aromatic rings. The van der Waals surface area contributed by atoms with Crippen LogP contribution in [0, 0.1) is 0 Å². The second kappa shape index (κ2) is 7.82. The number of benzene rings is 2. The van der Waals surface area contributed by atoms with E-state index < -0.39 is 0 Å². The number of ether oxygens (including phenoxy) is 1. The Hall–Kier alpha value is -1.55. The van der Waals surface area contributed by atoms with E-state index in [1.807, 2.05) is 62.6 Å². The van der Waals surface area contributed by atoms with Crippen LogP contribution in [-0.2, 0) is 0 Å². The van der Waals surface area contributed by atoms with Crippen molar-refractivity contribution in [2.75, 3.05) is 27.2 Å². The van der Waals surface area contributed by atoms with Gasteiger partial charge in [0.1, 0.15) is 12.4 Å². The van der Waals surface area contributed by atoms with E-state index >= 15 is 0 Å². The van der Waals surface area contributed by atoms with Gasteiger partial charge >= 0.3 is 0 Å². The van der Waals surface area contributed by atoms with Crippen LogP contribution in [-0.4, -0.2) is 43.9 Å². The quantitative estimate of drug-likeness (QED) is 0.837. The maximum atomic E-state index is 6.16. The number of halogens is 2. The lowest BCUT2D eigenvalue weighted by molar-refractivity contribution is 0.258. The molecule has 0 fully saturated rings. The number of nitrogens with zero attached hydrogens (tertiary/aromatic N) is 2. The van der Waals surface area contributed by atoms with Crippen molar-refractivity contribution in [3.63, 3.8) is 0 Å². The van der Waals surface area contributed by atoms with Gasteiger partial charge < -0.3 is 9.64 Å². The Kier molecular flexibility index (Phi) is 6.05. The van der Waals surface area contributed by atoms with Crippen LogP contribution in [0.4, 0.5) is 0 Å². The van der Waals surface area contributed by atoms with Crippen molar-refractivity contribution < 1.29 is 4.74 Å². The van der Waals surface area contributed by atoms with Gasteiger partial charge in [0, 0.05) is 22.7 Å². The van der Waals surface area contributed by atoms with Crippen LogP contribution in [0.3, 0.4) is 0 Å². The highest BCUT2D eigenvalue weighted by Gasteiger charge is 2.21. The highest BCUT2D eigenvalue weighted by atomic mass is 35.5. The first-order chi connectivity index (χ1) is 10.6. The summed E-state index contributed by atoms with van der Waals surface area (Å²) in [6.07, 6.45) is 0. The molecule has 1 aliphatic rings. The molecule has 0 aromatic heterocycles. The summed E-state index contributed by atoms with van der Waals surface area (Å²) in [6.45, 7) is 1.43. The van der Waals surface area contributed by atoms with Gasteiger partial charge in [0.25, 0.3) is 0 Å². The van der Waals surface area contributed by atoms with Crippen LogP contribution < -0.4 is 4.74 Å². The Bertz CT molecular complexity index is 701. The number of hydrogen-bond donors (Lipinski definition) is 0. The zero-order valence-corrected chi connectivity index (χ0v) is 14.8. The smallest absolute Gasteiger partial charge is 0.128 e. The third-order valence-electron chi connectivity index (χ3n) is 3.56. The van der Waals surface area contributed by atoms with Crippen LogP contribution in [0.2, 0.25) is 5.02 Å². The fourth-order valence-corrected chi connectivity index (χ4v) is 2.83. The molecule has 0 amide bonds. The molecule has 3 nitrogen and oxygen atoms in total. The molecule has 5 heteroatoms. The minimum atomic E-state index is 0. The summed E-state index contributed by atoms with van der Waals surface area (Å²) in [7, 11) is 4.10. The van der Waals surface area contributed by atoms with E-state index in [-0.39, 0.29) is 18.4 Å². The summed E-state index contributed by atoms with van der Waals surface area (Å²) in [5, 5.41) is 0.715. The van der Waals surface area contributed by atoms with Crippen molar-refractivity contribution in [1.82, 2.24) is 4.90 Å². The number of likely N-dealkylation sites (N-methyl/N-ethyl adjacent to an activating group) is 1. The third-order valence-corrected chi connectivity index (χ3v) is 3.79. The lowest BCUT2D eigenvalue weighted by atomic mass is 10.0. The van der Waals surface area contributed by atoms with Crippen LogP contribution in [0.15, 0.2) is 53.5 Å². The summed E-state index contributed by atoms with van der Waals surface area (Å²) >= 11 is 6.16. The minimum Gasteiger partial charge on any atom is -0.491 e. The molecule has 2 aromatic carbocycles. The lowest BCUT2D eigenvalue weighted by Gasteiger charge is -2.16. The second-order valence-corrected chi connectivity index (χ2v) is 6.15. The topological polar surface area (TPSA) is 24.8 Å². The first-order valence-corrected chi connectivity index (χ1v) is 7.72. The lowest BCUT2D eigenvalue weighted by Crippen LogP contribution is -2.29. The number of para-hydroxylation sites is 1. The normalized spacial score (nSPS) is 16.7. The van der Waals surface area contributed by atoms with Gasteiger partial charge in [-0.2, -0.15) is 0 Å². The molecular weight excluding hydrogens is 331 g/mol. The summed E-state index contributed by atoms with van der Waals surface area (Å²) < 4.78 is 5.97. The molecule has 0 saturated carbocycles. The van der Waals surface area contributed by atoms with Crippen molar-refractivity contribution in [1.29, 1.82) is 0 Å². The number of rotatable bonds is 3. The molecule has 0 spiro atoms. The molecule has 0 radical (unpaired) electrons. The fraction of sp³-hybridized carbons (Fsp3) is 0.278. The van der Waals surface area contributed by atoms with Crippen molar-refractivity contribution in [2.45, 2.75) is 6.04 Å². The van der Waals surface area contributed by atoms with Gasteiger partial charge in [-0.3, -0.25) is 4.99 Å². The highest BCUT2D eigenvalue weighted by molar-refractivity contribution is 6.31. The predicted molar refractivity (Wildman–Crippen MR) is 98.6 cm³/mol. The van der Waals surface area contributed by atoms with E-state index in [9.17, 15) is 0 Å². The van der Waals surface area contributed by atoms with Gasteiger partial charge in [0.15, 0.2) is 0 Å². The average Bonchev–Trinajstić information content (AvgIpc) is 2.67. The first kappa shape index (κ1) is 17.8. The SMILES string of the molecule is CN(C)CC1COc2ccccc2C(c2cccc(Cl)c2)=N1.Cl. The van der Waals surface area contributed by atoms with Gasteiger partial charge in [0.2, 0.25) is 0 Å². The number of aliphatic imine (C=N–C) groups is 1. The summed E-state index contributed by atoms with van der Waals surface area (Å²) in [6, 6.07) is 16.0.